The second-order valence-corrected chi connectivity index (χ2v) is 8.77. The Morgan fingerprint density at radius 3 is 2.52 bits per heavy atom. The number of hydrogen-bond donors (Lipinski definition) is 0. The summed E-state index contributed by atoms with van der Waals surface area (Å²) in [5, 5.41) is 0. The number of carbonyl (C=O) groups excluding carboxylic acids is 1. The fourth-order valence-electron chi connectivity index (χ4n) is 4.31. The van der Waals surface area contributed by atoms with E-state index in [-0.39, 0.29) is 24.3 Å². The number of ether oxygens (including phenoxy) is 3. The molecule has 4 heterocycles. The number of nitrogens with zero attached hydrogens (tertiary/aromatic N) is 4. The highest BCUT2D eigenvalue weighted by molar-refractivity contribution is 5.69. The molecule has 0 aromatic carbocycles. The molecule has 0 saturated carbocycles. The summed E-state index contributed by atoms with van der Waals surface area (Å²) in [5.74, 6) is 1.96. The van der Waals surface area contributed by atoms with E-state index in [4.69, 9.17) is 14.2 Å². The number of pyridine rings is 1. The molecule has 2 aromatic rings. The van der Waals surface area contributed by atoms with Crippen molar-refractivity contribution >= 4 is 6.09 Å². The van der Waals surface area contributed by atoms with Crippen LogP contribution in [0.4, 0.5) is 4.79 Å². The molecule has 2 saturated heterocycles. The van der Waals surface area contributed by atoms with Gasteiger partial charge in [0.1, 0.15) is 12.4 Å². The minimum absolute atomic E-state index is 0.00627. The summed E-state index contributed by atoms with van der Waals surface area (Å²) in [6, 6.07) is 3.99. The molecule has 8 nitrogen and oxygen atoms in total. The summed E-state index contributed by atoms with van der Waals surface area (Å²) < 4.78 is 17.7. The van der Waals surface area contributed by atoms with Gasteiger partial charge >= 0.3 is 6.09 Å². The van der Waals surface area contributed by atoms with Gasteiger partial charge in [-0.2, -0.15) is 0 Å². The molecule has 31 heavy (non-hydrogen) atoms. The van der Waals surface area contributed by atoms with Crippen molar-refractivity contribution in [2.75, 3.05) is 6.61 Å². The molecular formula is C23H30N4O4. The average Bonchev–Trinajstić information content (AvgIpc) is 3.01. The van der Waals surface area contributed by atoms with Crippen LogP contribution in [0.25, 0.3) is 0 Å². The number of piperidine rings is 1. The molecule has 1 amide bonds. The van der Waals surface area contributed by atoms with Crippen LogP contribution in [0.1, 0.15) is 50.8 Å². The van der Waals surface area contributed by atoms with Crippen molar-refractivity contribution in [3.05, 3.63) is 35.9 Å². The van der Waals surface area contributed by atoms with Crippen molar-refractivity contribution in [3.63, 3.8) is 0 Å². The van der Waals surface area contributed by atoms with Crippen molar-refractivity contribution in [1.29, 1.82) is 0 Å². The van der Waals surface area contributed by atoms with Crippen LogP contribution in [0.3, 0.4) is 0 Å². The lowest BCUT2D eigenvalue weighted by Gasteiger charge is -2.38. The molecule has 0 aliphatic carbocycles. The molecule has 2 unspecified atom stereocenters. The van der Waals surface area contributed by atoms with Crippen LogP contribution in [0.2, 0.25) is 0 Å². The molecule has 2 atom stereocenters. The van der Waals surface area contributed by atoms with Crippen molar-refractivity contribution in [2.45, 2.75) is 71.6 Å². The second-order valence-electron chi connectivity index (χ2n) is 8.77. The minimum Gasteiger partial charge on any atom is -0.474 e. The molecule has 0 spiro atoms. The Kier molecular flexibility index (Phi) is 6.25. The lowest BCUT2D eigenvalue weighted by Crippen LogP contribution is -2.49. The van der Waals surface area contributed by atoms with Gasteiger partial charge in [-0.3, -0.25) is 4.98 Å². The first-order valence-electron chi connectivity index (χ1n) is 10.9. The van der Waals surface area contributed by atoms with E-state index in [0.717, 1.165) is 36.9 Å². The molecule has 2 fully saturated rings. The molecule has 2 bridgehead atoms. The maximum atomic E-state index is 12.5. The number of rotatable bonds is 6. The normalized spacial score (nSPS) is 22.5. The smallest absolute Gasteiger partial charge is 0.410 e. The highest BCUT2D eigenvalue weighted by Crippen LogP contribution is 2.38. The van der Waals surface area contributed by atoms with E-state index >= 15 is 0 Å². The quantitative estimate of drug-likeness (QED) is 0.674. The monoisotopic (exact) mass is 426 g/mol. The van der Waals surface area contributed by atoms with Crippen LogP contribution in [-0.2, 0) is 4.74 Å². The van der Waals surface area contributed by atoms with E-state index in [9.17, 15) is 4.79 Å². The summed E-state index contributed by atoms with van der Waals surface area (Å²) in [4.78, 5) is 27.3. The summed E-state index contributed by atoms with van der Waals surface area (Å²) in [6.45, 7) is 8.32. The van der Waals surface area contributed by atoms with Crippen molar-refractivity contribution in [2.24, 2.45) is 5.92 Å². The molecule has 4 rings (SSSR count). The van der Waals surface area contributed by atoms with Gasteiger partial charge in [-0.05, 0) is 44.7 Å². The summed E-state index contributed by atoms with van der Waals surface area (Å²) in [5.41, 5.74) is 1.54. The van der Waals surface area contributed by atoms with Crippen molar-refractivity contribution < 1.29 is 19.0 Å². The molecule has 8 heteroatoms. The highest BCUT2D eigenvalue weighted by Gasteiger charge is 2.45. The van der Waals surface area contributed by atoms with E-state index in [0.29, 0.717) is 30.0 Å². The largest absolute Gasteiger partial charge is 0.474 e. The van der Waals surface area contributed by atoms with Crippen molar-refractivity contribution in [3.8, 4) is 17.5 Å². The van der Waals surface area contributed by atoms with E-state index < -0.39 is 0 Å². The Labute approximate surface area is 183 Å². The van der Waals surface area contributed by atoms with Gasteiger partial charge in [-0.1, -0.05) is 13.8 Å². The van der Waals surface area contributed by atoms with Gasteiger partial charge in [0.15, 0.2) is 5.75 Å². The van der Waals surface area contributed by atoms with Gasteiger partial charge in [0.25, 0.3) is 0 Å². The maximum absolute atomic E-state index is 12.5. The van der Waals surface area contributed by atoms with E-state index in [1.165, 1.54) is 6.33 Å². The lowest BCUT2D eigenvalue weighted by atomic mass is 10.0. The Balaban J connectivity index is 1.42. The van der Waals surface area contributed by atoms with Crippen molar-refractivity contribution in [1.82, 2.24) is 19.9 Å². The fraction of sp³-hybridized carbons (Fsp3) is 0.565. The first-order valence-corrected chi connectivity index (χ1v) is 10.9. The van der Waals surface area contributed by atoms with Gasteiger partial charge in [0.05, 0.1) is 17.9 Å². The van der Waals surface area contributed by atoms with Crippen LogP contribution >= 0.6 is 0 Å². The number of fused-ring (bicyclic) bond motifs is 2. The zero-order valence-electron chi connectivity index (χ0n) is 18.6. The van der Waals surface area contributed by atoms with Crippen LogP contribution < -0.4 is 9.47 Å². The van der Waals surface area contributed by atoms with Crippen LogP contribution in [0.5, 0.6) is 17.5 Å². The van der Waals surface area contributed by atoms with Gasteiger partial charge in [0, 0.05) is 31.1 Å². The predicted octanol–water partition coefficient (Wildman–Crippen LogP) is 4.45. The third-order valence-corrected chi connectivity index (χ3v) is 5.88. The van der Waals surface area contributed by atoms with E-state index in [2.05, 4.69) is 15.0 Å². The number of carbonyl (C=O) groups is 1. The summed E-state index contributed by atoms with van der Waals surface area (Å²) >= 11 is 0. The number of hydrogen-bond acceptors (Lipinski definition) is 7. The molecular weight excluding hydrogens is 396 g/mol. The van der Waals surface area contributed by atoms with Gasteiger partial charge < -0.3 is 19.1 Å². The summed E-state index contributed by atoms with van der Waals surface area (Å²) in [6.07, 6.45) is 6.49. The Bertz CT molecular complexity index is 922. The van der Waals surface area contributed by atoms with Gasteiger partial charge in [-0.25, -0.2) is 14.8 Å². The highest BCUT2D eigenvalue weighted by atomic mass is 16.6. The number of amides is 1. The predicted molar refractivity (Wildman–Crippen MR) is 114 cm³/mol. The zero-order valence-corrected chi connectivity index (χ0v) is 18.6. The summed E-state index contributed by atoms with van der Waals surface area (Å²) in [7, 11) is 0. The van der Waals surface area contributed by atoms with Crippen LogP contribution in [0, 0.1) is 19.8 Å². The minimum atomic E-state index is -0.194. The average molecular weight is 427 g/mol. The Morgan fingerprint density at radius 1 is 1.13 bits per heavy atom. The van der Waals surface area contributed by atoms with Crippen LogP contribution in [0.15, 0.2) is 24.7 Å². The number of aryl methyl sites for hydroxylation is 1. The first kappa shape index (κ1) is 21.3. The Hall–Kier alpha value is -2.90. The zero-order chi connectivity index (χ0) is 22.0. The molecule has 2 aliphatic heterocycles. The third-order valence-electron chi connectivity index (χ3n) is 5.88. The molecule has 166 valence electrons. The second kappa shape index (κ2) is 9.08. The molecule has 2 aliphatic rings. The van der Waals surface area contributed by atoms with Gasteiger partial charge in [-0.15, -0.1) is 0 Å². The molecule has 0 N–H and O–H groups in total. The fourth-order valence-corrected chi connectivity index (χ4v) is 4.31. The standard InChI is InChI=1S/C23H30N4O4/c1-14(2)12-29-23(28)27-17-7-8-18(27)11-19(10-17)30-21-15(3)22(26-13-25-21)31-20-6-5-9-24-16(20)4/h5-6,9,13-14,17-19H,7-8,10-12H2,1-4H3. The lowest BCUT2D eigenvalue weighted by molar-refractivity contribution is 0.0278. The van der Waals surface area contributed by atoms with E-state index in [1.807, 2.05) is 44.7 Å². The van der Waals surface area contributed by atoms with Gasteiger partial charge in [0.2, 0.25) is 11.8 Å². The van der Waals surface area contributed by atoms with E-state index in [1.54, 1.807) is 6.20 Å². The topological polar surface area (TPSA) is 86.7 Å². The molecule has 2 aromatic heterocycles. The maximum Gasteiger partial charge on any atom is 0.410 e. The van der Waals surface area contributed by atoms with Crippen LogP contribution in [-0.4, -0.2) is 50.7 Å². The first-order chi connectivity index (χ1) is 14.9. The molecule has 0 radical (unpaired) electrons. The SMILES string of the molecule is Cc1ncccc1Oc1ncnc(OC2CC3CCC(C2)N3C(=O)OCC(C)C)c1C. The Morgan fingerprint density at radius 2 is 1.84 bits per heavy atom. The number of aromatic nitrogens is 3. The third kappa shape index (κ3) is 4.73.